The third-order valence-corrected chi connectivity index (χ3v) is 6.22. The second-order valence-corrected chi connectivity index (χ2v) is 7.78. The molecule has 1 saturated heterocycles. The predicted octanol–water partition coefficient (Wildman–Crippen LogP) is 2.21. The minimum Gasteiger partial charge on any atom is -0.528 e. The quantitative estimate of drug-likeness (QED) is 0.378. The van der Waals surface area contributed by atoms with Crippen LogP contribution in [-0.4, -0.2) is 31.9 Å². The van der Waals surface area contributed by atoms with E-state index in [9.17, 15) is 0 Å². The SMILES string of the molecule is COCO[C-]1CCCN(C2(c3ccccc3)c3ccccc3-c3ccccc32)C1.[Li+]. The van der Waals surface area contributed by atoms with E-state index >= 15 is 0 Å². The maximum atomic E-state index is 5.93. The van der Waals surface area contributed by atoms with E-state index in [2.05, 4.69) is 83.8 Å². The Morgan fingerprint density at radius 1 is 0.867 bits per heavy atom. The number of hydrogen-bond donors (Lipinski definition) is 0. The number of fused-ring (bicyclic) bond motifs is 3. The van der Waals surface area contributed by atoms with Crippen molar-refractivity contribution in [3.05, 3.63) is 102 Å². The van der Waals surface area contributed by atoms with Crippen molar-refractivity contribution in [2.24, 2.45) is 0 Å². The van der Waals surface area contributed by atoms with Crippen LogP contribution in [0.4, 0.5) is 0 Å². The van der Waals surface area contributed by atoms with Crippen LogP contribution in [0.2, 0.25) is 0 Å². The average molecular weight is 391 g/mol. The standard InChI is InChI=1S/C26H26NO2.Li/c1-28-19-29-21-12-9-17-27(18-21)26(20-10-3-2-4-11-20)24-15-7-5-13-22(24)23-14-6-8-16-25(23)26;/h2-8,10-11,13-16H,9,12,17-19H2,1H3;/q-1;+1. The van der Waals surface area contributed by atoms with Crippen LogP contribution in [0.1, 0.15) is 29.5 Å². The number of nitrogens with zero attached hydrogens (tertiary/aromatic N) is 1. The summed E-state index contributed by atoms with van der Waals surface area (Å²) in [5.74, 6) is 0. The third-order valence-electron chi connectivity index (χ3n) is 6.22. The van der Waals surface area contributed by atoms with Gasteiger partial charge in [-0.05, 0) is 34.4 Å². The van der Waals surface area contributed by atoms with Crippen molar-refractivity contribution < 1.29 is 28.3 Å². The Bertz CT molecular complexity index is 946. The summed E-state index contributed by atoms with van der Waals surface area (Å²) in [4.78, 5) is 2.60. The van der Waals surface area contributed by atoms with Gasteiger partial charge in [0.05, 0.1) is 5.54 Å². The van der Waals surface area contributed by atoms with E-state index in [1.165, 1.54) is 27.8 Å². The first-order valence-corrected chi connectivity index (χ1v) is 10.3. The van der Waals surface area contributed by atoms with Gasteiger partial charge in [0.25, 0.3) is 0 Å². The molecule has 0 N–H and O–H groups in total. The summed E-state index contributed by atoms with van der Waals surface area (Å²) in [7, 11) is 1.68. The minimum atomic E-state index is -0.309. The predicted molar refractivity (Wildman–Crippen MR) is 115 cm³/mol. The van der Waals surface area contributed by atoms with Gasteiger partial charge in [0.1, 0.15) is 6.79 Å². The molecule has 1 aliphatic carbocycles. The maximum absolute atomic E-state index is 5.93. The van der Waals surface area contributed by atoms with E-state index < -0.39 is 0 Å². The van der Waals surface area contributed by atoms with Crippen LogP contribution in [0.15, 0.2) is 78.9 Å². The Morgan fingerprint density at radius 3 is 2.10 bits per heavy atom. The van der Waals surface area contributed by atoms with Crippen molar-refractivity contribution in [1.29, 1.82) is 0 Å². The van der Waals surface area contributed by atoms with E-state index in [0.717, 1.165) is 32.0 Å². The molecule has 0 bridgehead atoms. The number of ether oxygens (including phenoxy) is 2. The molecule has 0 unspecified atom stereocenters. The molecular formula is C26H26LiNO2. The van der Waals surface area contributed by atoms with E-state index in [1.807, 2.05) is 0 Å². The van der Waals surface area contributed by atoms with Crippen molar-refractivity contribution in [3.8, 4) is 11.1 Å². The number of methoxy groups -OCH3 is 1. The Balaban J connectivity index is 0.00000218. The molecule has 1 heterocycles. The summed E-state index contributed by atoms with van der Waals surface area (Å²) in [6.45, 7) is 2.15. The van der Waals surface area contributed by atoms with Gasteiger partial charge in [0.15, 0.2) is 0 Å². The molecule has 0 amide bonds. The summed E-state index contributed by atoms with van der Waals surface area (Å²) in [6.07, 6.45) is 3.18. The van der Waals surface area contributed by atoms with Gasteiger partial charge in [-0.3, -0.25) is 0 Å². The van der Waals surface area contributed by atoms with E-state index in [1.54, 1.807) is 7.11 Å². The monoisotopic (exact) mass is 391 g/mol. The topological polar surface area (TPSA) is 21.7 Å². The second kappa shape index (κ2) is 9.10. The first-order valence-electron chi connectivity index (χ1n) is 10.3. The molecule has 0 atom stereocenters. The molecular weight excluding hydrogens is 365 g/mol. The van der Waals surface area contributed by atoms with Gasteiger partial charge in [-0.2, -0.15) is 12.5 Å². The fourth-order valence-corrected chi connectivity index (χ4v) is 5.11. The summed E-state index contributed by atoms with van der Waals surface area (Å²) >= 11 is 0. The number of hydrogen-bond acceptors (Lipinski definition) is 3. The van der Waals surface area contributed by atoms with Crippen LogP contribution < -0.4 is 18.9 Å². The molecule has 1 aliphatic heterocycles. The van der Waals surface area contributed by atoms with Crippen LogP contribution >= 0.6 is 0 Å². The van der Waals surface area contributed by atoms with Gasteiger partial charge in [-0.25, -0.2) is 0 Å². The molecule has 148 valence electrons. The Kier molecular flexibility index (Phi) is 6.48. The van der Waals surface area contributed by atoms with Gasteiger partial charge < -0.3 is 14.4 Å². The zero-order valence-electron chi connectivity index (χ0n) is 17.8. The van der Waals surface area contributed by atoms with Crippen molar-refractivity contribution in [1.82, 2.24) is 4.90 Å². The van der Waals surface area contributed by atoms with Gasteiger partial charge in [-0.1, -0.05) is 91.8 Å². The van der Waals surface area contributed by atoms with Gasteiger partial charge >= 0.3 is 18.9 Å². The number of rotatable bonds is 5. The van der Waals surface area contributed by atoms with Gasteiger partial charge in [0.2, 0.25) is 0 Å². The summed E-state index contributed by atoms with van der Waals surface area (Å²) in [5, 5.41) is 0. The molecule has 0 saturated carbocycles. The zero-order valence-corrected chi connectivity index (χ0v) is 17.8. The van der Waals surface area contributed by atoms with E-state index in [0.29, 0.717) is 6.79 Å². The number of benzene rings is 3. The molecule has 0 aromatic heterocycles. The fourth-order valence-electron chi connectivity index (χ4n) is 5.11. The molecule has 30 heavy (non-hydrogen) atoms. The molecule has 1 fully saturated rings. The molecule has 0 spiro atoms. The third kappa shape index (κ3) is 3.36. The van der Waals surface area contributed by atoms with Crippen molar-refractivity contribution in [2.45, 2.75) is 18.4 Å². The number of likely N-dealkylation sites (tertiary alicyclic amines) is 1. The van der Waals surface area contributed by atoms with Crippen LogP contribution in [-0.2, 0) is 15.0 Å². The normalized spacial score (nSPS) is 17.8. The summed E-state index contributed by atoms with van der Waals surface area (Å²) < 4.78 is 11.1. The molecule has 0 radical (unpaired) electrons. The Hall–Kier alpha value is -1.86. The molecule has 4 heteroatoms. The largest absolute Gasteiger partial charge is 1.00 e. The zero-order chi connectivity index (χ0) is 19.7. The van der Waals surface area contributed by atoms with Crippen molar-refractivity contribution in [2.75, 3.05) is 27.0 Å². The number of piperidine rings is 1. The fraction of sp³-hybridized carbons (Fsp3) is 0.269. The van der Waals surface area contributed by atoms with Crippen LogP contribution in [0.25, 0.3) is 11.1 Å². The maximum Gasteiger partial charge on any atom is 1.00 e. The molecule has 2 aliphatic rings. The van der Waals surface area contributed by atoms with E-state index in [4.69, 9.17) is 9.47 Å². The Labute approximate surface area is 191 Å². The smallest absolute Gasteiger partial charge is 0.528 e. The van der Waals surface area contributed by atoms with Crippen LogP contribution in [0, 0.1) is 6.10 Å². The van der Waals surface area contributed by atoms with Gasteiger partial charge in [0, 0.05) is 7.11 Å². The molecule has 3 nitrogen and oxygen atoms in total. The first-order chi connectivity index (χ1) is 14.4. The summed E-state index contributed by atoms with van der Waals surface area (Å²) in [5.41, 5.74) is 6.39. The van der Waals surface area contributed by atoms with Crippen molar-refractivity contribution >= 4 is 0 Å². The van der Waals surface area contributed by atoms with E-state index in [-0.39, 0.29) is 24.4 Å². The van der Waals surface area contributed by atoms with Crippen LogP contribution in [0.3, 0.4) is 0 Å². The molecule has 3 aromatic carbocycles. The minimum absolute atomic E-state index is 0. The van der Waals surface area contributed by atoms with Crippen molar-refractivity contribution in [3.63, 3.8) is 0 Å². The average Bonchev–Trinajstić information content (AvgIpc) is 3.10. The second-order valence-electron chi connectivity index (χ2n) is 7.78. The molecule has 3 aromatic rings. The van der Waals surface area contributed by atoms with Crippen LogP contribution in [0.5, 0.6) is 0 Å². The summed E-state index contributed by atoms with van der Waals surface area (Å²) in [6, 6.07) is 28.7. The first kappa shape index (κ1) is 21.4. The Morgan fingerprint density at radius 2 is 1.47 bits per heavy atom. The molecule has 5 rings (SSSR count). The van der Waals surface area contributed by atoms with Gasteiger partial charge in [-0.15, -0.1) is 0 Å².